The van der Waals surface area contributed by atoms with Crippen molar-refractivity contribution in [2.45, 2.75) is 66.1 Å². The third-order valence-electron chi connectivity index (χ3n) is 4.38. The second kappa shape index (κ2) is 10.5. The topological polar surface area (TPSA) is 48.0 Å². The maximum Gasteiger partial charge on any atom is 0.410 e. The van der Waals surface area contributed by atoms with E-state index in [1.165, 1.54) is 5.56 Å². The summed E-state index contributed by atoms with van der Waals surface area (Å²) in [6, 6.07) is 4.04. The molecule has 5 nitrogen and oxygen atoms in total. The van der Waals surface area contributed by atoms with Crippen LogP contribution in [0.15, 0.2) is 12.1 Å². The number of hydrogen-bond donors (Lipinski definition) is 0. The van der Waals surface area contributed by atoms with Gasteiger partial charge in [-0.05, 0) is 44.5 Å². The molecule has 1 atom stereocenters. The van der Waals surface area contributed by atoms with E-state index in [0.29, 0.717) is 19.7 Å². The molecular weight excluding hydrogens is 354 g/mol. The first-order valence-electron chi connectivity index (χ1n) is 10.1. The van der Waals surface area contributed by atoms with Gasteiger partial charge >= 0.3 is 6.09 Å². The highest BCUT2D eigenvalue weighted by molar-refractivity contribution is 5.69. The van der Waals surface area contributed by atoms with Crippen LogP contribution >= 0.6 is 0 Å². The summed E-state index contributed by atoms with van der Waals surface area (Å²) in [5, 5.41) is 1.97. The lowest BCUT2D eigenvalue weighted by Crippen LogP contribution is -2.57. The average Bonchev–Trinajstić information content (AvgIpc) is 2.58. The van der Waals surface area contributed by atoms with Gasteiger partial charge in [-0.15, -0.1) is 0 Å². The van der Waals surface area contributed by atoms with Crippen molar-refractivity contribution in [3.8, 4) is 5.75 Å². The Kier molecular flexibility index (Phi) is 9.02. The van der Waals surface area contributed by atoms with Crippen LogP contribution < -0.4 is 15.2 Å². The molecule has 0 bridgehead atoms. The van der Waals surface area contributed by atoms with Gasteiger partial charge in [0.2, 0.25) is 0 Å². The fraction of sp³-hybridized carbons (Fsp3) is 0.609. The molecule has 2 rings (SSSR count). The van der Waals surface area contributed by atoms with Crippen LogP contribution in [0.5, 0.6) is 5.75 Å². The third kappa shape index (κ3) is 6.26. The highest BCUT2D eigenvalue weighted by atomic mass is 16.6. The lowest BCUT2D eigenvalue weighted by Gasteiger charge is -2.39. The quantitative estimate of drug-likeness (QED) is 0.768. The molecule has 1 aliphatic rings. The van der Waals surface area contributed by atoms with Crippen LogP contribution in [0.4, 0.5) is 4.79 Å². The number of carbonyl (C=O) groups is 1. The monoisotopic (exact) mass is 391 g/mol. The molecule has 1 aliphatic heterocycles. The second-order valence-corrected chi connectivity index (χ2v) is 7.82. The van der Waals surface area contributed by atoms with Crippen molar-refractivity contribution in [1.29, 1.82) is 0 Å². The Hall–Kier alpha value is -2.01. The van der Waals surface area contributed by atoms with Gasteiger partial charge in [-0.25, -0.2) is 4.79 Å². The zero-order valence-electron chi connectivity index (χ0n) is 18.8. The molecule has 1 amide bonds. The standard InChI is InChI=1S/C21H31NO4.C2H6/c1-8-17-15(3)19(10-9-18(17)14(2)13-24-7)25-16-11-22(12-16)20(23)26-21(4,5)6;1-2/h8-10,14,16H,3,11-13H2,1-2,4-7H3;1-2H3/b17-8+;. The Balaban J connectivity index is 0.00000190. The molecule has 0 aromatic heterocycles. The zero-order valence-corrected chi connectivity index (χ0v) is 18.8. The van der Waals surface area contributed by atoms with Crippen LogP contribution in [0.2, 0.25) is 0 Å². The SMILES string of the molecule is C=c1c(OC2CN(C(=O)OC(C)(C)C)C2)ccc(C(C)COC)/c1=C/C.CC. The van der Waals surface area contributed by atoms with E-state index in [9.17, 15) is 4.79 Å². The van der Waals surface area contributed by atoms with Crippen molar-refractivity contribution in [2.24, 2.45) is 0 Å². The average molecular weight is 392 g/mol. The molecule has 0 spiro atoms. The van der Waals surface area contributed by atoms with Crippen molar-refractivity contribution in [3.63, 3.8) is 0 Å². The van der Waals surface area contributed by atoms with Crippen LogP contribution in [-0.2, 0) is 9.47 Å². The first-order valence-corrected chi connectivity index (χ1v) is 10.1. The van der Waals surface area contributed by atoms with Gasteiger partial charge < -0.3 is 19.1 Å². The van der Waals surface area contributed by atoms with Gasteiger partial charge in [-0.2, -0.15) is 0 Å². The minimum atomic E-state index is -0.482. The Morgan fingerprint density at radius 2 is 1.93 bits per heavy atom. The van der Waals surface area contributed by atoms with Gasteiger partial charge in [0.15, 0.2) is 0 Å². The van der Waals surface area contributed by atoms with Crippen molar-refractivity contribution < 1.29 is 19.0 Å². The van der Waals surface area contributed by atoms with Crippen molar-refractivity contribution in [3.05, 3.63) is 28.1 Å². The largest absolute Gasteiger partial charge is 0.486 e. The second-order valence-electron chi connectivity index (χ2n) is 7.82. The van der Waals surface area contributed by atoms with E-state index >= 15 is 0 Å². The Morgan fingerprint density at radius 1 is 1.32 bits per heavy atom. The molecular formula is C23H37NO4. The smallest absolute Gasteiger partial charge is 0.410 e. The number of carbonyl (C=O) groups excluding carboxylic acids is 1. The number of methoxy groups -OCH3 is 1. The van der Waals surface area contributed by atoms with Crippen LogP contribution in [0.1, 0.15) is 59.9 Å². The third-order valence-corrected chi connectivity index (χ3v) is 4.38. The van der Waals surface area contributed by atoms with Crippen LogP contribution in [-0.4, -0.2) is 49.5 Å². The number of likely N-dealkylation sites (tertiary alicyclic amines) is 1. The molecule has 0 N–H and O–H groups in total. The summed E-state index contributed by atoms with van der Waals surface area (Å²) < 4.78 is 16.7. The zero-order chi connectivity index (χ0) is 21.5. The van der Waals surface area contributed by atoms with E-state index in [-0.39, 0.29) is 18.1 Å². The summed E-state index contributed by atoms with van der Waals surface area (Å²) in [5.74, 6) is 1.05. The molecule has 1 heterocycles. The fourth-order valence-corrected chi connectivity index (χ4v) is 3.05. The lowest BCUT2D eigenvalue weighted by atomic mass is 9.98. The van der Waals surface area contributed by atoms with E-state index in [1.54, 1.807) is 12.0 Å². The van der Waals surface area contributed by atoms with Crippen LogP contribution in [0, 0.1) is 0 Å². The number of hydrogen-bond acceptors (Lipinski definition) is 4. The first kappa shape index (κ1) is 24.0. The summed E-state index contributed by atoms with van der Waals surface area (Å²) in [5.41, 5.74) is 0.722. The van der Waals surface area contributed by atoms with Gasteiger partial charge in [0.25, 0.3) is 0 Å². The highest BCUT2D eigenvalue weighted by Crippen LogP contribution is 2.19. The molecule has 0 saturated carbocycles. The fourth-order valence-electron chi connectivity index (χ4n) is 3.05. The number of ether oxygens (including phenoxy) is 3. The maximum absolute atomic E-state index is 12.0. The lowest BCUT2D eigenvalue weighted by molar-refractivity contribution is -0.0223. The molecule has 1 aromatic rings. The molecule has 0 radical (unpaired) electrons. The molecule has 0 aliphatic carbocycles. The van der Waals surface area contributed by atoms with E-state index in [1.807, 2.05) is 47.6 Å². The predicted molar refractivity (Wildman–Crippen MR) is 115 cm³/mol. The van der Waals surface area contributed by atoms with Crippen molar-refractivity contribution in [1.82, 2.24) is 4.90 Å². The predicted octanol–water partition coefficient (Wildman–Crippen LogP) is 3.67. The molecule has 5 heteroatoms. The number of amides is 1. The molecule has 1 unspecified atom stereocenters. The Morgan fingerprint density at radius 3 is 2.43 bits per heavy atom. The summed E-state index contributed by atoms with van der Waals surface area (Å²) in [4.78, 5) is 13.7. The van der Waals surface area contributed by atoms with Gasteiger partial charge in [0, 0.05) is 18.2 Å². The van der Waals surface area contributed by atoms with Crippen molar-refractivity contribution in [2.75, 3.05) is 26.8 Å². The molecule has 28 heavy (non-hydrogen) atoms. The van der Waals surface area contributed by atoms with Gasteiger partial charge in [-0.1, -0.05) is 39.5 Å². The van der Waals surface area contributed by atoms with Gasteiger partial charge in [0.05, 0.1) is 19.7 Å². The summed E-state index contributed by atoms with van der Waals surface area (Å²) in [6.45, 7) is 19.7. The molecule has 158 valence electrons. The molecule has 1 fully saturated rings. The van der Waals surface area contributed by atoms with E-state index in [0.717, 1.165) is 16.2 Å². The number of rotatable bonds is 5. The Bertz CT molecular complexity index is 745. The molecule has 1 saturated heterocycles. The van der Waals surface area contributed by atoms with Crippen LogP contribution in [0.25, 0.3) is 12.7 Å². The van der Waals surface area contributed by atoms with Gasteiger partial charge in [0.1, 0.15) is 17.5 Å². The number of nitrogens with zero attached hydrogens (tertiary/aromatic N) is 1. The minimum Gasteiger partial charge on any atom is -0.486 e. The van der Waals surface area contributed by atoms with Crippen LogP contribution in [0.3, 0.4) is 0 Å². The summed E-state index contributed by atoms with van der Waals surface area (Å²) in [6.07, 6.45) is 1.73. The normalized spacial score (nSPS) is 16.0. The number of benzene rings is 1. The van der Waals surface area contributed by atoms with E-state index in [4.69, 9.17) is 14.2 Å². The van der Waals surface area contributed by atoms with E-state index in [2.05, 4.69) is 25.6 Å². The maximum atomic E-state index is 12.0. The van der Waals surface area contributed by atoms with Gasteiger partial charge in [-0.3, -0.25) is 0 Å². The minimum absolute atomic E-state index is 0.0324. The summed E-state index contributed by atoms with van der Waals surface area (Å²) in [7, 11) is 1.71. The Labute approximate surface area is 170 Å². The van der Waals surface area contributed by atoms with Crippen molar-refractivity contribution >= 4 is 18.7 Å². The molecule has 1 aromatic carbocycles. The first-order chi connectivity index (χ1) is 13.2. The highest BCUT2D eigenvalue weighted by Gasteiger charge is 2.35. The van der Waals surface area contributed by atoms with E-state index < -0.39 is 5.60 Å². The summed E-state index contributed by atoms with van der Waals surface area (Å²) >= 11 is 0.